The zero-order chi connectivity index (χ0) is 29.3. The fourth-order valence-corrected chi connectivity index (χ4v) is 3.93. The Morgan fingerprint density at radius 2 is 0.900 bits per heavy atom. The van der Waals surface area contributed by atoms with Crippen molar-refractivity contribution in [3.63, 3.8) is 0 Å². The van der Waals surface area contributed by atoms with E-state index in [0.717, 1.165) is 12.1 Å². The monoisotopic (exact) mass is 561 g/mol. The van der Waals surface area contributed by atoms with Crippen molar-refractivity contribution in [1.82, 2.24) is 0 Å². The van der Waals surface area contributed by atoms with Crippen LogP contribution < -0.4 is 0 Å². The van der Waals surface area contributed by atoms with Crippen LogP contribution in [0, 0.1) is 11.3 Å². The normalized spacial score (nSPS) is 12.8. The third kappa shape index (κ3) is 6.54. The van der Waals surface area contributed by atoms with Gasteiger partial charge in [-0.15, -0.1) is 0 Å². The van der Waals surface area contributed by atoms with Crippen molar-refractivity contribution in [2.24, 2.45) is 0 Å². The lowest BCUT2D eigenvalue weighted by molar-refractivity contribution is -0.143. The molecule has 4 aromatic rings. The SMILES string of the molecule is N#CC(=Cc1ccc(-c2cc(C(F)(F)F)cc(C(F)(F)F)c2)cc1)c1ccc(-c2ccc(C(F)(F)F)cc2)cc1. The van der Waals surface area contributed by atoms with Gasteiger partial charge in [-0.2, -0.15) is 44.8 Å². The molecule has 0 aromatic heterocycles. The first-order valence-electron chi connectivity index (χ1n) is 11.4. The summed E-state index contributed by atoms with van der Waals surface area (Å²) >= 11 is 0. The molecule has 0 saturated heterocycles. The maximum absolute atomic E-state index is 13.2. The average molecular weight is 561 g/mol. The Labute approximate surface area is 222 Å². The van der Waals surface area contributed by atoms with Crippen molar-refractivity contribution in [3.05, 3.63) is 119 Å². The van der Waals surface area contributed by atoms with Gasteiger partial charge < -0.3 is 0 Å². The third-order valence-electron chi connectivity index (χ3n) is 6.00. The predicted molar refractivity (Wildman–Crippen MR) is 132 cm³/mol. The number of benzene rings is 4. The summed E-state index contributed by atoms with van der Waals surface area (Å²) in [6.07, 6.45) is -12.9. The van der Waals surface area contributed by atoms with E-state index < -0.39 is 35.2 Å². The highest BCUT2D eigenvalue weighted by Gasteiger charge is 2.37. The van der Waals surface area contributed by atoms with Crippen LogP contribution in [0.4, 0.5) is 39.5 Å². The highest BCUT2D eigenvalue weighted by Crippen LogP contribution is 2.39. The fraction of sp³-hybridized carbons (Fsp3) is 0.100. The minimum atomic E-state index is -4.97. The van der Waals surface area contributed by atoms with E-state index in [1.165, 1.54) is 42.5 Å². The van der Waals surface area contributed by atoms with Crippen LogP contribution in [0.3, 0.4) is 0 Å². The standard InChI is InChI=1S/C30H16F9N/c31-28(32,33)25-11-9-20(10-12-25)19-5-7-22(8-6-19)24(17-40)13-18-1-3-21(4-2-18)23-14-26(29(34,35)36)16-27(15-23)30(37,38)39/h1-16H. The number of nitrogens with zero attached hydrogens (tertiary/aromatic N) is 1. The van der Waals surface area contributed by atoms with Crippen LogP contribution >= 0.6 is 0 Å². The van der Waals surface area contributed by atoms with Crippen molar-refractivity contribution in [2.75, 3.05) is 0 Å². The molecule has 204 valence electrons. The molecule has 0 aliphatic rings. The molecule has 0 amide bonds. The Kier molecular flexibility index (Phi) is 7.52. The van der Waals surface area contributed by atoms with E-state index in [0.29, 0.717) is 34.4 Å². The molecule has 0 radical (unpaired) electrons. The van der Waals surface area contributed by atoms with Crippen LogP contribution in [0.1, 0.15) is 27.8 Å². The zero-order valence-corrected chi connectivity index (χ0v) is 20.1. The highest BCUT2D eigenvalue weighted by atomic mass is 19.4. The quantitative estimate of drug-likeness (QED) is 0.138. The van der Waals surface area contributed by atoms with Crippen molar-refractivity contribution in [3.8, 4) is 28.3 Å². The Morgan fingerprint density at radius 1 is 0.500 bits per heavy atom. The van der Waals surface area contributed by atoms with Gasteiger partial charge in [-0.05, 0) is 69.8 Å². The van der Waals surface area contributed by atoms with Crippen LogP contribution in [-0.4, -0.2) is 0 Å². The van der Waals surface area contributed by atoms with Gasteiger partial charge in [-0.25, -0.2) is 0 Å². The Balaban J connectivity index is 1.59. The molecule has 0 fully saturated rings. The first-order chi connectivity index (χ1) is 18.6. The molecule has 0 saturated carbocycles. The molecule has 0 N–H and O–H groups in total. The van der Waals surface area contributed by atoms with E-state index >= 15 is 0 Å². The molecule has 0 aliphatic carbocycles. The Morgan fingerprint density at radius 3 is 1.32 bits per heavy atom. The molecule has 0 atom stereocenters. The lowest BCUT2D eigenvalue weighted by atomic mass is 9.97. The molecule has 0 unspecified atom stereocenters. The van der Waals surface area contributed by atoms with Crippen LogP contribution in [0.5, 0.6) is 0 Å². The Hall–Kier alpha value is -4.52. The van der Waals surface area contributed by atoms with Gasteiger partial charge in [0.2, 0.25) is 0 Å². The molecule has 0 heterocycles. The average Bonchev–Trinajstić information content (AvgIpc) is 2.90. The van der Waals surface area contributed by atoms with Crippen molar-refractivity contribution < 1.29 is 39.5 Å². The predicted octanol–water partition coefficient (Wildman–Crippen LogP) is 10.1. The summed E-state index contributed by atoms with van der Waals surface area (Å²) in [5, 5.41) is 9.64. The summed E-state index contributed by atoms with van der Waals surface area (Å²) in [5.41, 5.74) is -1.43. The summed E-state index contributed by atoms with van der Waals surface area (Å²) < 4.78 is 118. The number of rotatable bonds is 4. The van der Waals surface area contributed by atoms with Gasteiger partial charge in [-0.1, -0.05) is 60.7 Å². The maximum Gasteiger partial charge on any atom is 0.416 e. The summed E-state index contributed by atoms with van der Waals surface area (Å²) in [5.74, 6) is 0. The van der Waals surface area contributed by atoms with Gasteiger partial charge in [0.15, 0.2) is 0 Å². The summed E-state index contributed by atoms with van der Waals surface area (Å²) in [6.45, 7) is 0. The fourth-order valence-electron chi connectivity index (χ4n) is 3.93. The summed E-state index contributed by atoms with van der Waals surface area (Å²) in [6, 6.07) is 20.1. The number of hydrogen-bond acceptors (Lipinski definition) is 1. The van der Waals surface area contributed by atoms with E-state index in [4.69, 9.17) is 0 Å². The van der Waals surface area contributed by atoms with E-state index in [9.17, 15) is 44.8 Å². The second-order valence-electron chi connectivity index (χ2n) is 8.74. The minimum Gasteiger partial charge on any atom is -0.192 e. The van der Waals surface area contributed by atoms with Crippen molar-refractivity contribution in [1.29, 1.82) is 5.26 Å². The lowest BCUT2D eigenvalue weighted by Gasteiger charge is -2.14. The molecule has 0 spiro atoms. The van der Waals surface area contributed by atoms with Crippen molar-refractivity contribution in [2.45, 2.75) is 18.5 Å². The first kappa shape index (κ1) is 28.5. The molecule has 4 rings (SSSR count). The first-order valence-corrected chi connectivity index (χ1v) is 11.4. The number of halogens is 9. The molecule has 40 heavy (non-hydrogen) atoms. The number of allylic oxidation sites excluding steroid dienone is 1. The van der Waals surface area contributed by atoms with Gasteiger partial charge in [0.1, 0.15) is 0 Å². The third-order valence-corrected chi connectivity index (χ3v) is 6.00. The van der Waals surface area contributed by atoms with Gasteiger partial charge in [0.05, 0.1) is 28.3 Å². The smallest absolute Gasteiger partial charge is 0.192 e. The lowest BCUT2D eigenvalue weighted by Crippen LogP contribution is -2.11. The van der Waals surface area contributed by atoms with Crippen molar-refractivity contribution >= 4 is 11.6 Å². The second kappa shape index (κ2) is 10.6. The molecular weight excluding hydrogens is 545 g/mol. The van der Waals surface area contributed by atoms with E-state index in [1.54, 1.807) is 24.3 Å². The zero-order valence-electron chi connectivity index (χ0n) is 20.1. The van der Waals surface area contributed by atoms with Gasteiger partial charge >= 0.3 is 18.5 Å². The summed E-state index contributed by atoms with van der Waals surface area (Å²) in [4.78, 5) is 0. The van der Waals surface area contributed by atoms with Crippen LogP contribution in [0.2, 0.25) is 0 Å². The molecule has 1 nitrogen and oxygen atoms in total. The highest BCUT2D eigenvalue weighted by molar-refractivity contribution is 5.90. The molecule has 0 bridgehead atoms. The number of nitriles is 1. The Bertz CT molecular complexity index is 1530. The van der Waals surface area contributed by atoms with E-state index in [-0.39, 0.29) is 22.8 Å². The molecule has 10 heteroatoms. The van der Waals surface area contributed by atoms with Crippen LogP contribution in [-0.2, 0) is 18.5 Å². The maximum atomic E-state index is 13.2. The van der Waals surface area contributed by atoms with Gasteiger partial charge in [-0.3, -0.25) is 0 Å². The number of hydrogen-bond donors (Lipinski definition) is 0. The molecule has 0 aliphatic heterocycles. The van der Waals surface area contributed by atoms with Crippen LogP contribution in [0.15, 0.2) is 91.0 Å². The minimum absolute atomic E-state index is 0.0582. The number of alkyl halides is 9. The molecular formula is C30H16F9N. The van der Waals surface area contributed by atoms with E-state index in [1.807, 2.05) is 6.07 Å². The van der Waals surface area contributed by atoms with E-state index in [2.05, 4.69) is 0 Å². The van der Waals surface area contributed by atoms with Crippen LogP contribution in [0.25, 0.3) is 33.9 Å². The molecule has 4 aromatic carbocycles. The van der Waals surface area contributed by atoms with Gasteiger partial charge in [0, 0.05) is 0 Å². The topological polar surface area (TPSA) is 23.8 Å². The van der Waals surface area contributed by atoms with Gasteiger partial charge in [0.25, 0.3) is 0 Å². The second-order valence-corrected chi connectivity index (χ2v) is 8.74. The summed E-state index contributed by atoms with van der Waals surface area (Å²) in [7, 11) is 0. The largest absolute Gasteiger partial charge is 0.416 e.